The largest absolute Gasteiger partial charge is 0.380 e. The van der Waals surface area contributed by atoms with E-state index >= 15 is 0 Å². The van der Waals surface area contributed by atoms with E-state index in [1.165, 1.54) is 12.1 Å². The van der Waals surface area contributed by atoms with Crippen molar-refractivity contribution in [1.29, 1.82) is 0 Å². The number of aromatic nitrogens is 1. The summed E-state index contributed by atoms with van der Waals surface area (Å²) in [4.78, 5) is 6.26. The molecule has 0 saturated carbocycles. The normalized spacial score (nSPS) is 10.3. The third-order valence-electron chi connectivity index (χ3n) is 2.70. The van der Waals surface area contributed by atoms with Crippen molar-refractivity contribution < 1.29 is 4.39 Å². The molecule has 0 fully saturated rings. The van der Waals surface area contributed by atoms with Crippen LogP contribution in [0.2, 0.25) is 0 Å². The van der Waals surface area contributed by atoms with Crippen LogP contribution in [0.5, 0.6) is 0 Å². The minimum absolute atomic E-state index is 0.243. The minimum atomic E-state index is -0.243. The monoisotopic (exact) mass is 323 g/mol. The second kappa shape index (κ2) is 6.02. The summed E-state index contributed by atoms with van der Waals surface area (Å²) < 4.78 is 13.7. The van der Waals surface area contributed by atoms with Crippen molar-refractivity contribution in [3.8, 4) is 0 Å². The highest BCUT2D eigenvalue weighted by Gasteiger charge is 2.02. The summed E-state index contributed by atoms with van der Waals surface area (Å²) >= 11 is 3.35. The summed E-state index contributed by atoms with van der Waals surface area (Å²) in [5.41, 5.74) is 1.93. The van der Waals surface area contributed by atoms with Gasteiger partial charge in [-0.25, -0.2) is 9.37 Å². The molecule has 0 radical (unpaired) electrons. The number of hydrogen-bond donors (Lipinski definition) is 1. The SMILES string of the molecule is CN(C)c1ccc(NCc2ccc(F)cc2Br)cn1. The zero-order valence-electron chi connectivity index (χ0n) is 10.8. The van der Waals surface area contributed by atoms with Crippen LogP contribution in [0.15, 0.2) is 41.0 Å². The summed E-state index contributed by atoms with van der Waals surface area (Å²) in [5, 5.41) is 3.25. The van der Waals surface area contributed by atoms with Gasteiger partial charge >= 0.3 is 0 Å². The lowest BCUT2D eigenvalue weighted by atomic mass is 10.2. The molecule has 19 heavy (non-hydrogen) atoms. The van der Waals surface area contributed by atoms with Gasteiger partial charge in [-0.05, 0) is 29.8 Å². The topological polar surface area (TPSA) is 28.2 Å². The third kappa shape index (κ3) is 3.67. The van der Waals surface area contributed by atoms with E-state index < -0.39 is 0 Å². The fourth-order valence-electron chi connectivity index (χ4n) is 1.62. The zero-order chi connectivity index (χ0) is 13.8. The maximum absolute atomic E-state index is 13.0. The molecule has 2 rings (SSSR count). The van der Waals surface area contributed by atoms with E-state index in [4.69, 9.17) is 0 Å². The van der Waals surface area contributed by atoms with Gasteiger partial charge in [-0.1, -0.05) is 22.0 Å². The Morgan fingerprint density at radius 2 is 2.05 bits per heavy atom. The zero-order valence-corrected chi connectivity index (χ0v) is 12.4. The van der Waals surface area contributed by atoms with E-state index in [0.717, 1.165) is 21.5 Å². The number of benzene rings is 1. The Morgan fingerprint density at radius 1 is 1.26 bits per heavy atom. The highest BCUT2D eigenvalue weighted by Crippen LogP contribution is 2.19. The Bertz CT molecular complexity index is 555. The highest BCUT2D eigenvalue weighted by atomic mass is 79.9. The Kier molecular flexibility index (Phi) is 4.37. The second-order valence-electron chi connectivity index (χ2n) is 4.39. The molecular weight excluding hydrogens is 309 g/mol. The van der Waals surface area contributed by atoms with Gasteiger partial charge in [-0.3, -0.25) is 0 Å². The van der Waals surface area contributed by atoms with Crippen LogP contribution in [0.1, 0.15) is 5.56 Å². The molecule has 0 unspecified atom stereocenters. The number of pyridine rings is 1. The first-order valence-corrected chi connectivity index (χ1v) is 6.67. The maximum Gasteiger partial charge on any atom is 0.128 e. The van der Waals surface area contributed by atoms with Gasteiger partial charge in [0.25, 0.3) is 0 Å². The predicted octanol–water partition coefficient (Wildman–Crippen LogP) is 3.66. The quantitative estimate of drug-likeness (QED) is 0.930. The van der Waals surface area contributed by atoms with Crippen molar-refractivity contribution in [1.82, 2.24) is 4.98 Å². The summed E-state index contributed by atoms with van der Waals surface area (Å²) in [6.45, 7) is 0.615. The second-order valence-corrected chi connectivity index (χ2v) is 5.24. The molecule has 1 N–H and O–H groups in total. The number of nitrogens with one attached hydrogen (secondary N) is 1. The molecule has 100 valence electrons. The van der Waals surface area contributed by atoms with Crippen molar-refractivity contribution >= 4 is 27.4 Å². The van der Waals surface area contributed by atoms with Crippen molar-refractivity contribution in [2.24, 2.45) is 0 Å². The Balaban J connectivity index is 2.02. The van der Waals surface area contributed by atoms with E-state index in [9.17, 15) is 4.39 Å². The first kappa shape index (κ1) is 13.8. The Morgan fingerprint density at radius 3 is 2.63 bits per heavy atom. The molecule has 0 atom stereocenters. The van der Waals surface area contributed by atoms with E-state index in [-0.39, 0.29) is 5.82 Å². The van der Waals surface area contributed by atoms with Crippen molar-refractivity contribution in [2.45, 2.75) is 6.54 Å². The van der Waals surface area contributed by atoms with Gasteiger partial charge in [0.1, 0.15) is 11.6 Å². The van der Waals surface area contributed by atoms with Crippen LogP contribution < -0.4 is 10.2 Å². The van der Waals surface area contributed by atoms with Gasteiger partial charge in [0.15, 0.2) is 0 Å². The molecule has 1 heterocycles. The summed E-state index contributed by atoms with van der Waals surface area (Å²) in [7, 11) is 3.90. The molecule has 0 aliphatic carbocycles. The first-order valence-electron chi connectivity index (χ1n) is 5.87. The van der Waals surface area contributed by atoms with Crippen molar-refractivity contribution in [3.05, 3.63) is 52.4 Å². The molecule has 0 bridgehead atoms. The molecule has 0 aliphatic heterocycles. The third-order valence-corrected chi connectivity index (χ3v) is 3.44. The Hall–Kier alpha value is -1.62. The smallest absolute Gasteiger partial charge is 0.128 e. The van der Waals surface area contributed by atoms with Gasteiger partial charge in [0, 0.05) is 25.1 Å². The first-order chi connectivity index (χ1) is 9.06. The van der Waals surface area contributed by atoms with Gasteiger partial charge in [-0.2, -0.15) is 0 Å². The molecule has 1 aromatic carbocycles. The van der Waals surface area contributed by atoms with Gasteiger partial charge in [0.05, 0.1) is 11.9 Å². The van der Waals surface area contributed by atoms with Crippen LogP contribution in [0.4, 0.5) is 15.9 Å². The van der Waals surface area contributed by atoms with Gasteiger partial charge in [-0.15, -0.1) is 0 Å². The van der Waals surface area contributed by atoms with E-state index in [0.29, 0.717) is 6.54 Å². The average Bonchev–Trinajstić information content (AvgIpc) is 2.38. The Labute approximate surface area is 120 Å². The summed E-state index contributed by atoms with van der Waals surface area (Å²) in [6.07, 6.45) is 1.78. The summed E-state index contributed by atoms with van der Waals surface area (Å²) in [6, 6.07) is 8.59. The molecule has 1 aromatic heterocycles. The minimum Gasteiger partial charge on any atom is -0.380 e. The molecule has 5 heteroatoms. The molecule has 0 spiro atoms. The van der Waals surface area contributed by atoms with Crippen LogP contribution in [-0.4, -0.2) is 19.1 Å². The number of hydrogen-bond acceptors (Lipinski definition) is 3. The molecular formula is C14H15BrFN3. The lowest BCUT2D eigenvalue weighted by Crippen LogP contribution is -2.10. The summed E-state index contributed by atoms with van der Waals surface area (Å²) in [5.74, 6) is 0.668. The van der Waals surface area contributed by atoms with Crippen molar-refractivity contribution in [3.63, 3.8) is 0 Å². The molecule has 3 nitrogen and oxygen atoms in total. The number of anilines is 2. The number of nitrogens with zero attached hydrogens (tertiary/aromatic N) is 2. The lowest BCUT2D eigenvalue weighted by molar-refractivity contribution is 0.626. The molecule has 0 aliphatic rings. The van der Waals surface area contributed by atoms with Crippen LogP contribution in [0.3, 0.4) is 0 Å². The predicted molar refractivity (Wildman–Crippen MR) is 80.0 cm³/mol. The van der Waals surface area contributed by atoms with Crippen LogP contribution in [-0.2, 0) is 6.54 Å². The maximum atomic E-state index is 13.0. The van der Waals surface area contributed by atoms with Crippen LogP contribution >= 0.6 is 15.9 Å². The number of halogens is 2. The fraction of sp³-hybridized carbons (Fsp3) is 0.214. The van der Waals surface area contributed by atoms with Crippen molar-refractivity contribution in [2.75, 3.05) is 24.3 Å². The van der Waals surface area contributed by atoms with E-state index in [2.05, 4.69) is 26.2 Å². The highest BCUT2D eigenvalue weighted by molar-refractivity contribution is 9.10. The van der Waals surface area contributed by atoms with Crippen LogP contribution in [0, 0.1) is 5.82 Å². The van der Waals surface area contributed by atoms with E-state index in [1.807, 2.05) is 31.1 Å². The lowest BCUT2D eigenvalue weighted by Gasteiger charge is -2.12. The molecule has 2 aromatic rings. The van der Waals surface area contributed by atoms with Gasteiger partial charge in [0.2, 0.25) is 0 Å². The van der Waals surface area contributed by atoms with E-state index in [1.54, 1.807) is 12.3 Å². The number of rotatable bonds is 4. The fourth-order valence-corrected chi connectivity index (χ4v) is 2.11. The standard InChI is InChI=1S/C14H15BrFN3/c1-19(2)14-6-5-12(9-18-14)17-8-10-3-4-11(16)7-13(10)15/h3-7,9,17H,8H2,1-2H3. The average molecular weight is 324 g/mol. The molecule has 0 amide bonds. The molecule has 0 saturated heterocycles. The van der Waals surface area contributed by atoms with Gasteiger partial charge < -0.3 is 10.2 Å². The van der Waals surface area contributed by atoms with Crippen LogP contribution in [0.25, 0.3) is 0 Å².